The molecule has 3 heteroatoms. The van der Waals surface area contributed by atoms with Crippen LogP contribution in [0.2, 0.25) is 0 Å². The van der Waals surface area contributed by atoms with Crippen molar-refractivity contribution in [3.05, 3.63) is 23.1 Å². The monoisotopic (exact) mass is 246 g/mol. The summed E-state index contributed by atoms with van der Waals surface area (Å²) in [4.78, 5) is 12.7. The Morgan fingerprint density at radius 3 is 2.92 bits per heavy atom. The molecule has 1 unspecified atom stereocenters. The highest BCUT2D eigenvalue weighted by Gasteiger charge is 2.25. The minimum atomic E-state index is 0.00130. The van der Waals surface area contributed by atoms with Gasteiger partial charge in [-0.1, -0.05) is 28.6 Å². The van der Waals surface area contributed by atoms with Crippen molar-refractivity contribution < 1.29 is 4.79 Å². The Hall–Kier alpha value is -0.0200. The van der Waals surface area contributed by atoms with E-state index in [1.165, 1.54) is 4.91 Å². The topological polar surface area (TPSA) is 17.1 Å². The van der Waals surface area contributed by atoms with E-state index in [0.717, 1.165) is 18.4 Å². The Balaban J connectivity index is 2.99. The van der Waals surface area contributed by atoms with E-state index in [4.69, 9.17) is 0 Å². The number of Topliss-reactive ketones (excluding diaryl/α,β-unsaturated/α-hetero) is 1. The van der Waals surface area contributed by atoms with Gasteiger partial charge in [0.25, 0.3) is 0 Å². The van der Waals surface area contributed by atoms with Crippen LogP contribution in [0.5, 0.6) is 0 Å². The molecule has 0 saturated carbocycles. The van der Waals surface area contributed by atoms with Crippen molar-refractivity contribution in [2.45, 2.75) is 17.7 Å². The van der Waals surface area contributed by atoms with Crippen molar-refractivity contribution in [3.63, 3.8) is 0 Å². The van der Waals surface area contributed by atoms with Crippen molar-refractivity contribution >= 4 is 33.5 Å². The van der Waals surface area contributed by atoms with E-state index >= 15 is 0 Å². The number of halogens is 1. The molecule has 1 aliphatic carbocycles. The van der Waals surface area contributed by atoms with Crippen LogP contribution >= 0.6 is 27.7 Å². The molecule has 1 rings (SSSR count). The fourth-order valence-corrected chi connectivity index (χ4v) is 2.46. The van der Waals surface area contributed by atoms with Crippen molar-refractivity contribution in [3.8, 4) is 0 Å². The van der Waals surface area contributed by atoms with Crippen LogP contribution in [0.3, 0.4) is 0 Å². The summed E-state index contributed by atoms with van der Waals surface area (Å²) in [6, 6.07) is 0. The van der Waals surface area contributed by atoms with E-state index in [1.54, 1.807) is 17.8 Å². The third-order valence-corrected chi connectivity index (χ3v) is 3.72. The zero-order valence-corrected chi connectivity index (χ0v) is 9.37. The lowest BCUT2D eigenvalue weighted by Gasteiger charge is -2.19. The molecular formula is C9H11BrOS. The Labute approximate surface area is 85.4 Å². The predicted molar refractivity (Wildman–Crippen MR) is 57.7 cm³/mol. The number of hydrogen-bond acceptors (Lipinski definition) is 2. The highest BCUT2D eigenvalue weighted by Crippen LogP contribution is 2.32. The first-order valence-electron chi connectivity index (χ1n) is 3.78. The number of ketones is 1. The summed E-state index contributed by atoms with van der Waals surface area (Å²) in [5.41, 5.74) is 0.802. The average molecular weight is 247 g/mol. The van der Waals surface area contributed by atoms with Crippen LogP contribution in [-0.2, 0) is 4.79 Å². The van der Waals surface area contributed by atoms with Gasteiger partial charge < -0.3 is 0 Å². The van der Waals surface area contributed by atoms with Crippen LogP contribution in [0.4, 0.5) is 0 Å². The molecular weight excluding hydrogens is 236 g/mol. The molecule has 1 aliphatic rings. The molecule has 0 heterocycles. The molecule has 0 aromatic rings. The van der Waals surface area contributed by atoms with Crippen molar-refractivity contribution in [2.75, 3.05) is 6.26 Å². The number of hydrogen-bond donors (Lipinski definition) is 0. The molecule has 0 spiro atoms. The fourth-order valence-electron chi connectivity index (χ4n) is 1.26. The number of carbonyl (C=O) groups excluding carboxylic acids is 1. The van der Waals surface area contributed by atoms with Gasteiger partial charge in [0.2, 0.25) is 0 Å². The lowest BCUT2D eigenvalue weighted by atomic mass is 9.98. The Bertz CT molecular complexity index is 245. The van der Waals surface area contributed by atoms with Gasteiger partial charge in [0.1, 0.15) is 0 Å². The number of allylic oxidation sites excluding steroid dienone is 3. The zero-order valence-electron chi connectivity index (χ0n) is 6.97. The van der Waals surface area contributed by atoms with Gasteiger partial charge in [-0.15, -0.1) is 11.8 Å². The molecule has 12 heavy (non-hydrogen) atoms. The van der Waals surface area contributed by atoms with E-state index < -0.39 is 0 Å². The van der Waals surface area contributed by atoms with E-state index in [0.29, 0.717) is 0 Å². The van der Waals surface area contributed by atoms with Crippen LogP contribution in [0.15, 0.2) is 23.1 Å². The summed E-state index contributed by atoms with van der Waals surface area (Å²) < 4.78 is 0. The van der Waals surface area contributed by atoms with Crippen molar-refractivity contribution in [1.29, 1.82) is 0 Å². The minimum absolute atomic E-state index is 0.00130. The molecule has 0 saturated heterocycles. The maximum Gasteiger partial charge on any atom is 0.177 e. The maximum absolute atomic E-state index is 11.5. The van der Waals surface area contributed by atoms with Gasteiger partial charge in [0.05, 0.1) is 4.83 Å². The Morgan fingerprint density at radius 1 is 1.75 bits per heavy atom. The molecule has 0 fully saturated rings. The van der Waals surface area contributed by atoms with Gasteiger partial charge in [0, 0.05) is 5.57 Å². The quantitative estimate of drug-likeness (QED) is 0.698. The molecule has 0 amide bonds. The fraction of sp³-hybridized carbons (Fsp3) is 0.444. The first-order valence-corrected chi connectivity index (χ1v) is 5.92. The Kier molecular flexibility index (Phi) is 3.59. The zero-order chi connectivity index (χ0) is 9.14. The Morgan fingerprint density at radius 2 is 2.42 bits per heavy atom. The van der Waals surface area contributed by atoms with Gasteiger partial charge in [-0.3, -0.25) is 4.79 Å². The van der Waals surface area contributed by atoms with Gasteiger partial charge in [-0.25, -0.2) is 0 Å². The summed E-state index contributed by atoms with van der Waals surface area (Å²) in [5, 5.41) is 0. The summed E-state index contributed by atoms with van der Waals surface area (Å²) in [6.07, 6.45) is 5.57. The molecule has 1 atom stereocenters. The van der Waals surface area contributed by atoms with E-state index in [2.05, 4.69) is 22.5 Å². The molecule has 1 nitrogen and oxygen atoms in total. The van der Waals surface area contributed by atoms with Crippen LogP contribution in [0.1, 0.15) is 12.8 Å². The van der Waals surface area contributed by atoms with Crippen molar-refractivity contribution in [1.82, 2.24) is 0 Å². The third kappa shape index (κ3) is 1.83. The van der Waals surface area contributed by atoms with Crippen LogP contribution in [0, 0.1) is 0 Å². The highest BCUT2D eigenvalue weighted by molar-refractivity contribution is 9.10. The van der Waals surface area contributed by atoms with Gasteiger partial charge >= 0.3 is 0 Å². The maximum atomic E-state index is 11.5. The van der Waals surface area contributed by atoms with Crippen LogP contribution in [0.25, 0.3) is 0 Å². The van der Waals surface area contributed by atoms with Gasteiger partial charge in [-0.2, -0.15) is 0 Å². The van der Waals surface area contributed by atoms with Crippen molar-refractivity contribution in [2.24, 2.45) is 0 Å². The molecule has 0 N–H and O–H groups in total. The summed E-state index contributed by atoms with van der Waals surface area (Å²) in [6.45, 7) is 3.65. The largest absolute Gasteiger partial charge is 0.293 e. The summed E-state index contributed by atoms with van der Waals surface area (Å²) >= 11 is 5.00. The number of thioether (sulfide) groups is 1. The number of alkyl halides is 1. The van der Waals surface area contributed by atoms with Crippen LogP contribution in [-0.4, -0.2) is 16.9 Å². The standard InChI is InChI=1S/C9H11BrOS/c1-3-6-8(12-2)5-4-7(10)9(6)11/h3,7H,1,4-5H2,2H3. The third-order valence-electron chi connectivity index (χ3n) is 1.93. The molecule has 0 radical (unpaired) electrons. The second-order valence-corrected chi connectivity index (χ2v) is 4.62. The summed E-state index contributed by atoms with van der Waals surface area (Å²) in [5.74, 6) is 0.181. The highest BCUT2D eigenvalue weighted by atomic mass is 79.9. The second-order valence-electron chi connectivity index (χ2n) is 2.62. The number of carbonyl (C=O) groups is 1. The first-order chi connectivity index (χ1) is 5.70. The van der Waals surface area contributed by atoms with Crippen LogP contribution < -0.4 is 0 Å². The lowest BCUT2D eigenvalue weighted by molar-refractivity contribution is -0.115. The number of rotatable bonds is 2. The molecule has 0 aromatic carbocycles. The van der Waals surface area contributed by atoms with E-state index in [-0.39, 0.29) is 10.6 Å². The second kappa shape index (κ2) is 4.28. The smallest absolute Gasteiger partial charge is 0.177 e. The first kappa shape index (κ1) is 10.1. The van der Waals surface area contributed by atoms with E-state index in [9.17, 15) is 4.79 Å². The average Bonchev–Trinajstić information content (AvgIpc) is 2.09. The minimum Gasteiger partial charge on any atom is -0.293 e. The SMILES string of the molecule is C=CC1=C(SC)CCC(Br)C1=O. The lowest BCUT2D eigenvalue weighted by Crippen LogP contribution is -2.20. The molecule has 0 aromatic heterocycles. The van der Waals surface area contributed by atoms with Gasteiger partial charge in [0.15, 0.2) is 5.78 Å². The molecule has 0 aliphatic heterocycles. The summed E-state index contributed by atoms with van der Waals surface area (Å²) in [7, 11) is 0. The van der Waals surface area contributed by atoms with Gasteiger partial charge in [-0.05, 0) is 24.0 Å². The van der Waals surface area contributed by atoms with E-state index in [1.807, 2.05) is 6.26 Å². The molecule has 66 valence electrons. The molecule has 0 bridgehead atoms. The normalized spacial score (nSPS) is 24.5. The predicted octanol–water partition coefficient (Wildman–Crippen LogP) is 2.92.